The van der Waals surface area contributed by atoms with Crippen LogP contribution in [0.1, 0.15) is 16.2 Å². The van der Waals surface area contributed by atoms with Gasteiger partial charge >= 0.3 is 0 Å². The highest BCUT2D eigenvalue weighted by Crippen LogP contribution is 2.33. The maximum absolute atomic E-state index is 5.72. The molecule has 0 aliphatic carbocycles. The molecule has 0 radical (unpaired) electrons. The van der Waals surface area contributed by atoms with E-state index in [0.717, 1.165) is 15.8 Å². The second kappa shape index (κ2) is 4.73. The van der Waals surface area contributed by atoms with Crippen molar-refractivity contribution in [2.24, 2.45) is 0 Å². The summed E-state index contributed by atoms with van der Waals surface area (Å²) in [5.41, 5.74) is 1.13. The summed E-state index contributed by atoms with van der Waals surface area (Å²) in [6.45, 7) is 0. The van der Waals surface area contributed by atoms with Crippen molar-refractivity contribution in [3.05, 3.63) is 57.4 Å². The molecule has 0 spiro atoms. The summed E-state index contributed by atoms with van der Waals surface area (Å²) in [6, 6.07) is 11.6. The Morgan fingerprint density at radius 3 is 2.27 bits per heavy atom. The third kappa shape index (κ3) is 2.65. The zero-order valence-corrected chi connectivity index (χ0v) is 11.5. The zero-order chi connectivity index (χ0) is 10.8. The molecular formula is C11H7Br2ClO. The van der Waals surface area contributed by atoms with Gasteiger partial charge in [0.05, 0.1) is 4.83 Å². The topological polar surface area (TPSA) is 13.1 Å². The number of benzene rings is 1. The van der Waals surface area contributed by atoms with Crippen molar-refractivity contribution in [1.82, 2.24) is 0 Å². The second-order valence-corrected chi connectivity index (χ2v) is 5.26. The quantitative estimate of drug-likeness (QED) is 0.680. The van der Waals surface area contributed by atoms with E-state index in [2.05, 4.69) is 31.9 Å². The molecule has 2 aromatic rings. The van der Waals surface area contributed by atoms with E-state index in [0.29, 0.717) is 5.22 Å². The van der Waals surface area contributed by atoms with Gasteiger partial charge in [-0.05, 0) is 41.4 Å². The lowest BCUT2D eigenvalue weighted by molar-refractivity contribution is 0.521. The summed E-state index contributed by atoms with van der Waals surface area (Å²) in [5, 5.41) is 0.409. The molecule has 2 rings (SSSR count). The maximum atomic E-state index is 5.72. The minimum absolute atomic E-state index is 0.0399. The van der Waals surface area contributed by atoms with E-state index >= 15 is 0 Å². The first-order chi connectivity index (χ1) is 7.16. The number of furan rings is 1. The molecule has 0 amide bonds. The van der Waals surface area contributed by atoms with Crippen molar-refractivity contribution in [1.29, 1.82) is 0 Å². The predicted molar refractivity (Wildman–Crippen MR) is 68.6 cm³/mol. The van der Waals surface area contributed by atoms with Crippen molar-refractivity contribution >= 4 is 43.5 Å². The van der Waals surface area contributed by atoms with E-state index in [4.69, 9.17) is 16.0 Å². The molecule has 1 unspecified atom stereocenters. The maximum Gasteiger partial charge on any atom is 0.193 e. The minimum atomic E-state index is 0.0399. The number of alkyl halides is 1. The van der Waals surface area contributed by atoms with Gasteiger partial charge in [0.15, 0.2) is 5.22 Å². The van der Waals surface area contributed by atoms with E-state index < -0.39 is 0 Å². The third-order valence-corrected chi connectivity index (χ3v) is 3.72. The van der Waals surface area contributed by atoms with E-state index in [1.165, 1.54) is 0 Å². The Kier molecular flexibility index (Phi) is 3.54. The molecule has 0 N–H and O–H groups in total. The Morgan fingerprint density at radius 2 is 1.73 bits per heavy atom. The van der Waals surface area contributed by atoms with Crippen molar-refractivity contribution in [3.8, 4) is 0 Å². The van der Waals surface area contributed by atoms with Gasteiger partial charge in [0.1, 0.15) is 5.76 Å². The van der Waals surface area contributed by atoms with Crippen LogP contribution < -0.4 is 0 Å². The fourth-order valence-electron chi connectivity index (χ4n) is 1.26. The van der Waals surface area contributed by atoms with Gasteiger partial charge in [-0.2, -0.15) is 0 Å². The lowest BCUT2D eigenvalue weighted by Gasteiger charge is -2.06. The molecular weight excluding hydrogens is 343 g/mol. The molecule has 0 saturated heterocycles. The summed E-state index contributed by atoms with van der Waals surface area (Å²) in [7, 11) is 0. The van der Waals surface area contributed by atoms with Gasteiger partial charge < -0.3 is 4.42 Å². The van der Waals surface area contributed by atoms with Gasteiger partial charge in [0.2, 0.25) is 0 Å². The van der Waals surface area contributed by atoms with E-state index in [9.17, 15) is 0 Å². The fraction of sp³-hybridized carbons (Fsp3) is 0.0909. The normalized spacial score (nSPS) is 12.7. The average Bonchev–Trinajstić information content (AvgIpc) is 2.65. The Bertz CT molecular complexity index is 450. The van der Waals surface area contributed by atoms with E-state index in [-0.39, 0.29) is 4.83 Å². The molecule has 0 bridgehead atoms. The van der Waals surface area contributed by atoms with Crippen LogP contribution in [-0.4, -0.2) is 0 Å². The number of hydrogen-bond donors (Lipinski definition) is 0. The molecule has 0 aliphatic heterocycles. The first-order valence-electron chi connectivity index (χ1n) is 4.31. The standard InChI is InChI=1S/C11H7Br2ClO/c12-8-3-1-7(2-4-8)11(13)9-5-6-10(14)15-9/h1-6,11H. The lowest BCUT2D eigenvalue weighted by Crippen LogP contribution is -1.89. The van der Waals surface area contributed by atoms with Crippen molar-refractivity contribution < 1.29 is 4.42 Å². The van der Waals surface area contributed by atoms with Gasteiger partial charge in [-0.3, -0.25) is 0 Å². The molecule has 1 aromatic carbocycles. The summed E-state index contributed by atoms with van der Waals surface area (Å²) in [6.07, 6.45) is 0. The molecule has 0 aliphatic rings. The Balaban J connectivity index is 2.28. The monoisotopic (exact) mass is 348 g/mol. The first-order valence-corrected chi connectivity index (χ1v) is 6.40. The molecule has 0 saturated carbocycles. The van der Waals surface area contributed by atoms with Crippen molar-refractivity contribution in [2.45, 2.75) is 4.83 Å². The Morgan fingerprint density at radius 1 is 1.07 bits per heavy atom. The van der Waals surface area contributed by atoms with E-state index in [1.54, 1.807) is 6.07 Å². The minimum Gasteiger partial charge on any atom is -0.448 e. The predicted octanol–water partition coefficient (Wildman–Crippen LogP) is 5.18. The highest BCUT2D eigenvalue weighted by Gasteiger charge is 2.13. The molecule has 78 valence electrons. The molecule has 1 nitrogen and oxygen atoms in total. The van der Waals surface area contributed by atoms with Crippen LogP contribution in [-0.2, 0) is 0 Å². The molecule has 1 atom stereocenters. The summed E-state index contributed by atoms with van der Waals surface area (Å²) < 4.78 is 6.40. The first kappa shape index (κ1) is 11.2. The smallest absolute Gasteiger partial charge is 0.193 e. The second-order valence-electron chi connectivity index (χ2n) is 3.06. The van der Waals surface area contributed by atoms with Gasteiger partial charge in [-0.25, -0.2) is 0 Å². The Labute approximate surface area is 110 Å². The molecule has 4 heteroatoms. The summed E-state index contributed by atoms with van der Waals surface area (Å²) >= 11 is 12.7. The Hall–Kier alpha value is -0.250. The lowest BCUT2D eigenvalue weighted by atomic mass is 10.1. The summed E-state index contributed by atoms with van der Waals surface area (Å²) in [5.74, 6) is 0.808. The fourth-order valence-corrected chi connectivity index (χ4v) is 2.23. The molecule has 1 aromatic heterocycles. The van der Waals surface area contributed by atoms with Crippen LogP contribution in [0.25, 0.3) is 0 Å². The van der Waals surface area contributed by atoms with Gasteiger partial charge in [-0.15, -0.1) is 0 Å². The SMILES string of the molecule is Clc1ccc(C(Br)c2ccc(Br)cc2)o1. The highest BCUT2D eigenvalue weighted by atomic mass is 79.9. The molecule has 1 heterocycles. The van der Waals surface area contributed by atoms with Crippen LogP contribution in [0.5, 0.6) is 0 Å². The van der Waals surface area contributed by atoms with Crippen LogP contribution in [0.2, 0.25) is 5.22 Å². The van der Waals surface area contributed by atoms with Crippen molar-refractivity contribution in [2.75, 3.05) is 0 Å². The van der Waals surface area contributed by atoms with Crippen molar-refractivity contribution in [3.63, 3.8) is 0 Å². The van der Waals surface area contributed by atoms with Crippen LogP contribution in [0.3, 0.4) is 0 Å². The van der Waals surface area contributed by atoms with Crippen LogP contribution in [0.4, 0.5) is 0 Å². The highest BCUT2D eigenvalue weighted by molar-refractivity contribution is 9.10. The molecule has 0 fully saturated rings. The van der Waals surface area contributed by atoms with Gasteiger partial charge in [0.25, 0.3) is 0 Å². The largest absolute Gasteiger partial charge is 0.448 e. The number of hydrogen-bond acceptors (Lipinski definition) is 1. The van der Waals surface area contributed by atoms with Crippen LogP contribution >= 0.6 is 43.5 Å². The van der Waals surface area contributed by atoms with E-state index in [1.807, 2.05) is 30.3 Å². The average molecular weight is 350 g/mol. The number of halogens is 3. The summed E-state index contributed by atoms with van der Waals surface area (Å²) in [4.78, 5) is 0.0399. The van der Waals surface area contributed by atoms with Gasteiger partial charge in [-0.1, -0.05) is 44.0 Å². The third-order valence-electron chi connectivity index (χ3n) is 2.01. The zero-order valence-electron chi connectivity index (χ0n) is 7.58. The van der Waals surface area contributed by atoms with Crippen LogP contribution in [0, 0.1) is 0 Å². The van der Waals surface area contributed by atoms with Crippen LogP contribution in [0.15, 0.2) is 45.3 Å². The van der Waals surface area contributed by atoms with Gasteiger partial charge in [0, 0.05) is 4.47 Å². The molecule has 15 heavy (non-hydrogen) atoms. The number of rotatable bonds is 2.